The second-order valence-electron chi connectivity index (χ2n) is 6.95. The molecule has 8 heteroatoms. The van der Waals surface area contributed by atoms with Crippen LogP contribution < -0.4 is 10.2 Å². The van der Waals surface area contributed by atoms with Crippen LogP contribution in [0.15, 0.2) is 40.9 Å². The quantitative estimate of drug-likeness (QED) is 0.651. The number of amides is 2. The molecule has 2 aromatic rings. The number of hydrogen-bond acceptors (Lipinski definition) is 4. The van der Waals surface area contributed by atoms with E-state index in [9.17, 15) is 14.4 Å². The maximum Gasteiger partial charge on any atom is 0.311 e. The van der Waals surface area contributed by atoms with Crippen molar-refractivity contribution in [2.45, 2.75) is 20.3 Å². The van der Waals surface area contributed by atoms with Gasteiger partial charge in [-0.3, -0.25) is 14.4 Å². The van der Waals surface area contributed by atoms with Crippen LogP contribution in [0.2, 0.25) is 5.02 Å². The molecule has 1 aliphatic heterocycles. The van der Waals surface area contributed by atoms with Crippen LogP contribution in [0, 0.1) is 19.8 Å². The highest BCUT2D eigenvalue weighted by atomic mass is 79.9. The van der Waals surface area contributed by atoms with E-state index in [0.717, 1.165) is 15.6 Å². The maximum atomic E-state index is 12.3. The zero-order chi connectivity index (χ0) is 21.1. The first-order valence-electron chi connectivity index (χ1n) is 9.03. The third-order valence-electron chi connectivity index (χ3n) is 4.72. The minimum Gasteiger partial charge on any atom is -0.455 e. The smallest absolute Gasteiger partial charge is 0.311 e. The van der Waals surface area contributed by atoms with E-state index >= 15 is 0 Å². The number of esters is 1. The van der Waals surface area contributed by atoms with Gasteiger partial charge in [0, 0.05) is 33.8 Å². The highest BCUT2D eigenvalue weighted by Gasteiger charge is 2.36. The molecule has 0 radical (unpaired) electrons. The Kier molecular flexibility index (Phi) is 6.59. The van der Waals surface area contributed by atoms with Gasteiger partial charge >= 0.3 is 5.97 Å². The lowest BCUT2D eigenvalue weighted by molar-refractivity contribution is -0.151. The predicted molar refractivity (Wildman–Crippen MR) is 115 cm³/mol. The summed E-state index contributed by atoms with van der Waals surface area (Å²) in [4.78, 5) is 38.3. The molecule has 152 valence electrons. The van der Waals surface area contributed by atoms with Crippen LogP contribution in [0.4, 0.5) is 11.4 Å². The van der Waals surface area contributed by atoms with Gasteiger partial charge in [0.1, 0.15) is 0 Å². The number of carbonyl (C=O) groups excluding carboxylic acids is 3. The van der Waals surface area contributed by atoms with Gasteiger partial charge < -0.3 is 15.0 Å². The number of anilines is 2. The lowest BCUT2D eigenvalue weighted by atomic mass is 10.1. The second-order valence-corrected chi connectivity index (χ2v) is 8.24. The number of carbonyl (C=O) groups is 3. The van der Waals surface area contributed by atoms with Crippen molar-refractivity contribution in [1.29, 1.82) is 0 Å². The largest absolute Gasteiger partial charge is 0.455 e. The average molecular weight is 480 g/mol. The molecule has 2 amide bonds. The van der Waals surface area contributed by atoms with Crippen molar-refractivity contribution < 1.29 is 19.1 Å². The molecule has 0 bridgehead atoms. The van der Waals surface area contributed by atoms with Crippen LogP contribution in [-0.2, 0) is 19.1 Å². The minimum absolute atomic E-state index is 0.0497. The van der Waals surface area contributed by atoms with E-state index in [-0.39, 0.29) is 18.9 Å². The Hall–Kier alpha value is -2.38. The van der Waals surface area contributed by atoms with Gasteiger partial charge in [-0.2, -0.15) is 0 Å². The summed E-state index contributed by atoms with van der Waals surface area (Å²) in [5, 5.41) is 3.31. The molecule has 1 atom stereocenters. The van der Waals surface area contributed by atoms with Crippen LogP contribution in [0.5, 0.6) is 0 Å². The molecule has 2 aromatic carbocycles. The van der Waals surface area contributed by atoms with Crippen molar-refractivity contribution in [2.24, 2.45) is 5.92 Å². The molecule has 1 heterocycles. The van der Waals surface area contributed by atoms with Gasteiger partial charge in [-0.05, 0) is 61.4 Å². The van der Waals surface area contributed by atoms with Crippen molar-refractivity contribution in [2.75, 3.05) is 23.4 Å². The van der Waals surface area contributed by atoms with Gasteiger partial charge in [0.2, 0.25) is 5.91 Å². The zero-order valence-corrected chi connectivity index (χ0v) is 18.3. The van der Waals surface area contributed by atoms with Crippen molar-refractivity contribution in [1.82, 2.24) is 0 Å². The Labute approximate surface area is 182 Å². The van der Waals surface area contributed by atoms with Crippen LogP contribution in [0.25, 0.3) is 0 Å². The normalized spacial score (nSPS) is 16.1. The van der Waals surface area contributed by atoms with Gasteiger partial charge in [-0.15, -0.1) is 0 Å². The summed E-state index contributed by atoms with van der Waals surface area (Å²) in [6, 6.07) is 10.6. The van der Waals surface area contributed by atoms with Crippen molar-refractivity contribution >= 4 is 56.7 Å². The van der Waals surface area contributed by atoms with Gasteiger partial charge in [0.25, 0.3) is 5.91 Å². The molecule has 0 aliphatic carbocycles. The van der Waals surface area contributed by atoms with Gasteiger partial charge in [-0.1, -0.05) is 27.5 Å². The molecule has 1 saturated heterocycles. The summed E-state index contributed by atoms with van der Waals surface area (Å²) in [5.74, 6) is -1.77. The monoisotopic (exact) mass is 478 g/mol. The number of aryl methyl sites for hydroxylation is 2. The van der Waals surface area contributed by atoms with E-state index in [2.05, 4.69) is 21.2 Å². The molecular weight excluding hydrogens is 460 g/mol. The number of rotatable bonds is 5. The second kappa shape index (κ2) is 8.97. The third kappa shape index (κ3) is 5.16. The zero-order valence-electron chi connectivity index (χ0n) is 16.0. The number of halogens is 2. The Morgan fingerprint density at radius 3 is 2.59 bits per heavy atom. The SMILES string of the molecule is Cc1cc(NC(=O)COC(=O)[C@H]2CC(=O)N(c3ccc(Cl)cc3)C2)c(C)cc1Br. The lowest BCUT2D eigenvalue weighted by Crippen LogP contribution is -2.28. The van der Waals surface area contributed by atoms with Crippen molar-refractivity contribution in [3.05, 3.63) is 57.0 Å². The molecule has 1 N–H and O–H groups in total. The summed E-state index contributed by atoms with van der Waals surface area (Å²) in [6.07, 6.45) is 0.0497. The molecule has 0 unspecified atom stereocenters. The number of hydrogen-bond donors (Lipinski definition) is 1. The number of nitrogens with one attached hydrogen (secondary N) is 1. The van der Waals surface area contributed by atoms with Gasteiger partial charge in [0.05, 0.1) is 5.92 Å². The first-order chi connectivity index (χ1) is 13.7. The molecule has 1 fully saturated rings. The topological polar surface area (TPSA) is 75.7 Å². The summed E-state index contributed by atoms with van der Waals surface area (Å²) in [7, 11) is 0. The summed E-state index contributed by atoms with van der Waals surface area (Å²) >= 11 is 9.31. The Balaban J connectivity index is 1.54. The minimum atomic E-state index is -0.609. The first kappa shape index (κ1) is 21.3. The predicted octanol–water partition coefficient (Wildman–Crippen LogP) is 4.25. The van der Waals surface area contributed by atoms with E-state index in [0.29, 0.717) is 16.4 Å². The van der Waals surface area contributed by atoms with Crippen molar-refractivity contribution in [3.8, 4) is 0 Å². The Morgan fingerprint density at radius 1 is 1.21 bits per heavy atom. The summed E-state index contributed by atoms with van der Waals surface area (Å²) in [6.45, 7) is 3.61. The first-order valence-corrected chi connectivity index (χ1v) is 10.2. The molecule has 3 rings (SSSR count). The van der Waals surface area contributed by atoms with E-state index in [1.54, 1.807) is 24.3 Å². The average Bonchev–Trinajstić information content (AvgIpc) is 3.06. The fourth-order valence-corrected chi connectivity index (χ4v) is 3.68. The number of nitrogens with zero attached hydrogens (tertiary/aromatic N) is 1. The molecule has 1 aliphatic rings. The van der Waals surface area contributed by atoms with Gasteiger partial charge in [0.15, 0.2) is 6.61 Å². The lowest BCUT2D eigenvalue weighted by Gasteiger charge is -2.16. The molecule has 0 spiro atoms. The Morgan fingerprint density at radius 2 is 1.90 bits per heavy atom. The van der Waals surface area contributed by atoms with E-state index in [4.69, 9.17) is 16.3 Å². The van der Waals surface area contributed by atoms with Crippen LogP contribution in [0.3, 0.4) is 0 Å². The summed E-state index contributed by atoms with van der Waals surface area (Å²) in [5.41, 5.74) is 3.21. The van der Waals surface area contributed by atoms with Crippen molar-refractivity contribution in [3.63, 3.8) is 0 Å². The Bertz CT molecular complexity index is 962. The van der Waals surface area contributed by atoms with Crippen LogP contribution in [0.1, 0.15) is 17.5 Å². The summed E-state index contributed by atoms with van der Waals surface area (Å²) < 4.78 is 6.10. The fourth-order valence-electron chi connectivity index (χ4n) is 3.09. The molecule has 0 saturated carbocycles. The van der Waals surface area contributed by atoms with Gasteiger partial charge in [-0.25, -0.2) is 0 Å². The molecule has 0 aromatic heterocycles. The fraction of sp³-hybridized carbons (Fsp3) is 0.286. The molecule has 29 heavy (non-hydrogen) atoms. The van der Waals surface area contributed by atoms with E-state index in [1.165, 1.54) is 4.90 Å². The molecular formula is C21H20BrClN2O4. The number of ether oxygens (including phenoxy) is 1. The maximum absolute atomic E-state index is 12.3. The standard InChI is InChI=1S/C21H20BrClN2O4/c1-12-8-18(13(2)7-17(12)22)24-19(26)11-29-21(28)14-9-20(27)25(10-14)16-5-3-15(23)4-6-16/h3-8,14H,9-11H2,1-2H3,(H,24,26)/t14-/m0/s1. The van der Waals surface area contributed by atoms with E-state index in [1.807, 2.05) is 26.0 Å². The third-order valence-corrected chi connectivity index (χ3v) is 5.83. The number of benzene rings is 2. The van der Waals surface area contributed by atoms with Crippen LogP contribution in [-0.4, -0.2) is 30.9 Å². The highest BCUT2D eigenvalue weighted by molar-refractivity contribution is 9.10. The van der Waals surface area contributed by atoms with Crippen LogP contribution >= 0.6 is 27.5 Å². The molecule has 6 nitrogen and oxygen atoms in total. The highest BCUT2D eigenvalue weighted by Crippen LogP contribution is 2.27. The van der Waals surface area contributed by atoms with E-state index < -0.39 is 24.4 Å².